The van der Waals surface area contributed by atoms with Gasteiger partial charge in [0.25, 0.3) is 0 Å². The lowest BCUT2D eigenvalue weighted by Gasteiger charge is -2.39. The molecule has 2 unspecified atom stereocenters. The van der Waals surface area contributed by atoms with E-state index in [2.05, 4.69) is 11.7 Å². The van der Waals surface area contributed by atoms with E-state index >= 15 is 0 Å². The maximum absolute atomic E-state index is 15.0. The first kappa shape index (κ1) is 30.1. The number of hydrogen-bond acceptors (Lipinski definition) is 3. The molecule has 1 aliphatic carbocycles. The Morgan fingerprint density at radius 2 is 1.57 bits per heavy atom. The van der Waals surface area contributed by atoms with Gasteiger partial charge in [-0.25, -0.2) is 13.2 Å². The number of hydrogen-bond donors (Lipinski definition) is 0. The van der Waals surface area contributed by atoms with Crippen molar-refractivity contribution in [2.75, 3.05) is 6.61 Å². The van der Waals surface area contributed by atoms with E-state index in [1.807, 2.05) is 0 Å². The van der Waals surface area contributed by atoms with Crippen molar-refractivity contribution in [3.63, 3.8) is 0 Å². The van der Waals surface area contributed by atoms with Crippen molar-refractivity contribution in [1.82, 2.24) is 0 Å². The van der Waals surface area contributed by atoms with Crippen molar-refractivity contribution in [2.24, 2.45) is 17.8 Å². The minimum Gasteiger partial charge on any atom is -0.432 e. The summed E-state index contributed by atoms with van der Waals surface area (Å²) in [5.74, 6) is -6.48. The third-order valence-electron chi connectivity index (χ3n) is 7.72. The molecular formula is C29H30F8O3. The Morgan fingerprint density at radius 3 is 2.12 bits per heavy atom. The smallest absolute Gasteiger partial charge is 0.400 e. The van der Waals surface area contributed by atoms with Gasteiger partial charge in [0.2, 0.25) is 5.75 Å². The average molecular weight is 579 g/mol. The molecule has 0 amide bonds. The van der Waals surface area contributed by atoms with E-state index in [-0.39, 0.29) is 30.4 Å². The lowest BCUT2D eigenvalue weighted by Crippen LogP contribution is -2.40. The van der Waals surface area contributed by atoms with E-state index in [1.54, 1.807) is 0 Å². The summed E-state index contributed by atoms with van der Waals surface area (Å²) in [6, 6.07) is 1.26. The van der Waals surface area contributed by atoms with Gasteiger partial charge in [-0.15, -0.1) is 0 Å². The van der Waals surface area contributed by atoms with Gasteiger partial charge in [0.1, 0.15) is 11.6 Å². The fourth-order valence-corrected chi connectivity index (χ4v) is 5.64. The molecule has 3 nitrogen and oxygen atoms in total. The summed E-state index contributed by atoms with van der Waals surface area (Å²) in [6.45, 7) is 2.85. The van der Waals surface area contributed by atoms with Gasteiger partial charge in [-0.1, -0.05) is 13.3 Å². The van der Waals surface area contributed by atoms with Crippen LogP contribution in [-0.4, -0.2) is 18.8 Å². The van der Waals surface area contributed by atoms with Crippen LogP contribution in [0.1, 0.15) is 58.3 Å². The molecule has 2 aromatic carbocycles. The second kappa shape index (κ2) is 12.8. The number of halogens is 8. The number of benzene rings is 2. The predicted molar refractivity (Wildman–Crippen MR) is 131 cm³/mol. The van der Waals surface area contributed by atoms with Gasteiger partial charge in [-0.3, -0.25) is 0 Å². The van der Waals surface area contributed by atoms with Crippen LogP contribution in [0.3, 0.4) is 0 Å². The average Bonchev–Trinajstić information content (AvgIpc) is 2.91. The van der Waals surface area contributed by atoms with E-state index in [0.29, 0.717) is 43.6 Å². The summed E-state index contributed by atoms with van der Waals surface area (Å²) in [5.41, 5.74) is -0.783. The fourth-order valence-electron chi connectivity index (χ4n) is 5.64. The Hall–Kier alpha value is -2.82. The van der Waals surface area contributed by atoms with Crippen molar-refractivity contribution >= 4 is 0 Å². The number of ether oxygens (including phenoxy) is 3. The summed E-state index contributed by atoms with van der Waals surface area (Å²) >= 11 is 0. The Labute approximate surface area is 227 Å². The largest absolute Gasteiger partial charge is 0.432 e. The molecule has 2 fully saturated rings. The molecule has 0 bridgehead atoms. The van der Waals surface area contributed by atoms with E-state index in [1.165, 1.54) is 0 Å². The predicted octanol–water partition coefficient (Wildman–Crippen LogP) is 9.56. The highest BCUT2D eigenvalue weighted by atomic mass is 19.3. The van der Waals surface area contributed by atoms with Gasteiger partial charge in [0, 0.05) is 18.2 Å². The third kappa shape index (κ3) is 7.08. The first-order chi connectivity index (χ1) is 19.0. The molecule has 0 spiro atoms. The highest BCUT2D eigenvalue weighted by molar-refractivity contribution is 5.66. The van der Waals surface area contributed by atoms with Gasteiger partial charge in [0.05, 0.1) is 12.0 Å². The highest BCUT2D eigenvalue weighted by Crippen LogP contribution is 2.43. The minimum absolute atomic E-state index is 0.0842. The number of alkyl halides is 2. The van der Waals surface area contributed by atoms with Gasteiger partial charge in [-0.05, 0) is 86.6 Å². The summed E-state index contributed by atoms with van der Waals surface area (Å²) in [4.78, 5) is 0. The van der Waals surface area contributed by atoms with Crippen LogP contribution in [0.15, 0.2) is 42.4 Å². The van der Waals surface area contributed by atoms with Crippen molar-refractivity contribution in [2.45, 2.75) is 70.5 Å². The maximum Gasteiger partial charge on any atom is 0.400 e. The Balaban J connectivity index is 1.38. The first-order valence-electron chi connectivity index (χ1n) is 13.3. The van der Waals surface area contributed by atoms with Crippen LogP contribution in [0, 0.1) is 35.2 Å². The zero-order valence-corrected chi connectivity index (χ0v) is 21.8. The normalized spacial score (nSPS) is 23.5. The molecular weight excluding hydrogens is 548 g/mol. The molecule has 4 rings (SSSR count). The SMILES string of the molecule is CCCC1CCC(C2CCC(C(F)(F)Oc3ccc(-c4cc(F)c(OC(F)=C(F)F)c(F)c4)c(F)c3)CC2)OC1. The van der Waals surface area contributed by atoms with E-state index < -0.39 is 58.6 Å². The summed E-state index contributed by atoms with van der Waals surface area (Å²) < 4.78 is 125. The van der Waals surface area contributed by atoms with Crippen LogP contribution in [0.25, 0.3) is 11.1 Å². The molecule has 2 aliphatic rings. The standard InChI is InChI=1S/C29H30F8O3/c1-2-3-16-4-11-25(38-15-16)17-5-7-19(8-6-17)29(36,37)40-20-9-10-21(22(30)14-20)18-12-23(31)26(24(32)13-18)39-28(35)27(33)34/h9-10,12-14,16-17,19,25H,2-8,11,15H2,1H3. The maximum atomic E-state index is 15.0. The molecule has 2 atom stereocenters. The van der Waals surface area contributed by atoms with Crippen LogP contribution < -0.4 is 9.47 Å². The Bertz CT molecular complexity index is 1170. The molecule has 11 heteroatoms. The Kier molecular flexibility index (Phi) is 9.64. The number of rotatable bonds is 9. The van der Waals surface area contributed by atoms with Crippen molar-refractivity contribution in [1.29, 1.82) is 0 Å². The van der Waals surface area contributed by atoms with E-state index in [0.717, 1.165) is 37.8 Å². The molecule has 0 aromatic heterocycles. The van der Waals surface area contributed by atoms with E-state index in [4.69, 9.17) is 9.47 Å². The highest BCUT2D eigenvalue weighted by Gasteiger charge is 2.45. The molecule has 2 aromatic rings. The molecule has 1 saturated heterocycles. The molecule has 1 aliphatic heterocycles. The van der Waals surface area contributed by atoms with Crippen molar-refractivity contribution in [3.8, 4) is 22.6 Å². The van der Waals surface area contributed by atoms with Crippen LogP contribution in [0.5, 0.6) is 11.5 Å². The summed E-state index contributed by atoms with van der Waals surface area (Å²) in [7, 11) is 0. The summed E-state index contributed by atoms with van der Waals surface area (Å²) in [5, 5.41) is 0. The third-order valence-corrected chi connectivity index (χ3v) is 7.72. The zero-order valence-electron chi connectivity index (χ0n) is 21.8. The Morgan fingerprint density at radius 1 is 0.900 bits per heavy atom. The van der Waals surface area contributed by atoms with Crippen LogP contribution >= 0.6 is 0 Å². The summed E-state index contributed by atoms with van der Waals surface area (Å²) in [6.07, 6.45) is -0.537. The lowest BCUT2D eigenvalue weighted by molar-refractivity contribution is -0.225. The molecule has 1 saturated carbocycles. The van der Waals surface area contributed by atoms with Crippen LogP contribution in [0.4, 0.5) is 35.1 Å². The second-order valence-electron chi connectivity index (χ2n) is 10.4. The van der Waals surface area contributed by atoms with Gasteiger partial charge in [0.15, 0.2) is 11.6 Å². The molecule has 0 radical (unpaired) electrons. The molecule has 220 valence electrons. The van der Waals surface area contributed by atoms with Crippen LogP contribution in [-0.2, 0) is 4.74 Å². The second-order valence-corrected chi connectivity index (χ2v) is 10.4. The van der Waals surface area contributed by atoms with Gasteiger partial charge < -0.3 is 14.2 Å². The van der Waals surface area contributed by atoms with E-state index in [9.17, 15) is 35.1 Å². The fraction of sp³-hybridized carbons (Fsp3) is 0.517. The zero-order chi connectivity index (χ0) is 29.0. The quantitative estimate of drug-likeness (QED) is 0.219. The van der Waals surface area contributed by atoms with Crippen molar-refractivity contribution in [3.05, 3.63) is 59.9 Å². The first-order valence-corrected chi connectivity index (χ1v) is 13.3. The van der Waals surface area contributed by atoms with Gasteiger partial charge >= 0.3 is 18.2 Å². The topological polar surface area (TPSA) is 27.7 Å². The van der Waals surface area contributed by atoms with Gasteiger partial charge in [-0.2, -0.15) is 22.0 Å². The minimum atomic E-state index is -3.57. The molecule has 40 heavy (non-hydrogen) atoms. The lowest BCUT2D eigenvalue weighted by atomic mass is 9.76. The molecule has 1 heterocycles. The monoisotopic (exact) mass is 578 g/mol. The molecule has 0 N–H and O–H groups in total. The van der Waals surface area contributed by atoms with Crippen molar-refractivity contribution < 1.29 is 49.3 Å². The van der Waals surface area contributed by atoms with Crippen LogP contribution in [0.2, 0.25) is 0 Å².